The van der Waals surface area contributed by atoms with Crippen molar-refractivity contribution in [2.75, 3.05) is 0 Å². The second kappa shape index (κ2) is 7.71. The smallest absolute Gasteiger partial charge is 0.460 e. The molecule has 0 heterocycles. The Morgan fingerprint density at radius 2 is 0.741 bits per heavy atom. The van der Waals surface area contributed by atoms with Crippen molar-refractivity contribution in [1.29, 1.82) is 0 Å². The Balaban J connectivity index is -0.00000288. The van der Waals surface area contributed by atoms with E-state index in [4.69, 9.17) is 5.11 Å². The van der Waals surface area contributed by atoms with Crippen LogP contribution in [0.1, 0.15) is 0 Å². The van der Waals surface area contributed by atoms with Gasteiger partial charge in [-0.05, 0) is 0 Å². The van der Waals surface area contributed by atoms with Crippen LogP contribution in [-0.4, -0.2) is 70.1 Å². The number of carboxylic acids is 1. The van der Waals surface area contributed by atoms with E-state index in [0.29, 0.717) is 0 Å². The average Bonchev–Trinajstić information content (AvgIpc) is 2.35. The Hall–Kier alpha value is -0.528. The van der Waals surface area contributed by atoms with Crippen molar-refractivity contribution >= 4 is 23.3 Å². The van der Waals surface area contributed by atoms with Gasteiger partial charge in [-0.25, -0.2) is 4.79 Å². The van der Waals surface area contributed by atoms with Crippen LogP contribution in [0.2, 0.25) is 0 Å². The van der Waals surface area contributed by atoms with Crippen molar-refractivity contribution in [1.82, 2.24) is 0 Å². The Bertz CT molecular complexity index is 542. The summed E-state index contributed by atoms with van der Waals surface area (Å²) in [6, 6.07) is 0. The zero-order valence-corrected chi connectivity index (χ0v) is 13.5. The van der Waals surface area contributed by atoms with Crippen LogP contribution in [0.5, 0.6) is 0 Å². The quantitative estimate of drug-likeness (QED) is 0.438. The van der Waals surface area contributed by atoms with Crippen LogP contribution in [0.25, 0.3) is 0 Å². The fourth-order valence-corrected chi connectivity index (χ4v) is 1.10. The zero-order valence-electron chi connectivity index (χ0n) is 11.4. The Morgan fingerprint density at radius 3 is 0.963 bits per heavy atom. The fraction of sp³-hybridized carbons (Fsp3) is 0.875. The molecule has 0 saturated carbocycles. The first-order valence-electron chi connectivity index (χ1n) is 5.01. The van der Waals surface area contributed by atoms with E-state index < -0.39 is 47.7 Å². The molecule has 0 aromatic carbocycles. The number of hydrogen-bond donors (Lipinski definition) is 1. The van der Waals surface area contributed by atoms with Gasteiger partial charge in [-0.3, -0.25) is 0 Å². The molecule has 4 radical (unpaired) electrons. The van der Waals surface area contributed by atoms with E-state index in [9.17, 15) is 70.7 Å². The molecule has 0 aliphatic heterocycles. The molecule has 1 N–H and O–H groups in total. The number of alkyl halides is 15. The summed E-state index contributed by atoms with van der Waals surface area (Å²) in [4.78, 5) is 9.72. The number of halogens is 15. The van der Waals surface area contributed by atoms with Crippen LogP contribution in [0.15, 0.2) is 0 Å². The van der Waals surface area contributed by atoms with E-state index in [-0.39, 0.29) is 34.4 Å². The molecule has 0 aromatic rings. The minimum absolute atomic E-state index is 0. The molecule has 0 aliphatic carbocycles. The molecule has 2 nitrogen and oxygen atoms in total. The summed E-state index contributed by atoms with van der Waals surface area (Å²) in [5.41, 5.74) is 0. The summed E-state index contributed by atoms with van der Waals surface area (Å²) in [7, 11) is 0. The molecule has 0 bridgehead atoms. The molecule has 0 fully saturated rings. The molecule has 0 rings (SSSR count). The normalized spacial score (nSPS) is 14.9. The molecule has 0 spiro atoms. The molecule has 0 amide bonds. The van der Waals surface area contributed by atoms with Crippen LogP contribution in [0.3, 0.4) is 0 Å². The number of carboxylic acid groups (broad SMARTS) is 1. The first kappa shape index (κ1) is 31.2. The van der Waals surface area contributed by atoms with Gasteiger partial charge < -0.3 is 5.11 Å². The van der Waals surface area contributed by atoms with Crippen LogP contribution >= 0.6 is 0 Å². The Morgan fingerprint density at radius 1 is 0.519 bits per heavy atom. The largest absolute Gasteiger partial charge is 0.477 e. The van der Waals surface area contributed by atoms with Crippen molar-refractivity contribution in [3.8, 4) is 0 Å². The summed E-state index contributed by atoms with van der Waals surface area (Å²) in [5, 5.41) is 7.57. The number of rotatable bonds is 6. The van der Waals surface area contributed by atoms with E-state index in [1.54, 1.807) is 0 Å². The molecule has 0 aliphatic rings. The van der Waals surface area contributed by atoms with E-state index in [1.807, 2.05) is 0 Å². The number of carbonyl (C=O) groups is 1. The molecule has 27 heavy (non-hydrogen) atoms. The average molecular weight is 505 g/mol. The van der Waals surface area contributed by atoms with Crippen molar-refractivity contribution in [2.45, 2.75) is 41.7 Å². The minimum atomic E-state index is -8.47. The molecule has 0 atom stereocenters. The first-order valence-corrected chi connectivity index (χ1v) is 5.01. The van der Waals surface area contributed by atoms with Crippen LogP contribution in [0.4, 0.5) is 65.9 Å². The number of aliphatic carboxylic acids is 1. The van der Waals surface area contributed by atoms with Gasteiger partial charge >= 0.3 is 47.7 Å². The Labute approximate surface area is 158 Å². The topological polar surface area (TPSA) is 37.3 Å². The third-order valence-corrected chi connectivity index (χ3v) is 2.60. The minimum Gasteiger partial charge on any atom is -0.477 e. The van der Waals surface area contributed by atoms with Gasteiger partial charge in [0.25, 0.3) is 0 Å². The molecule has 0 saturated heterocycles. The summed E-state index contributed by atoms with van der Waals surface area (Å²) >= 11 is 0. The van der Waals surface area contributed by atoms with Gasteiger partial charge in [0, 0.05) is 34.4 Å². The molecular weight excluding hydrogens is 504 g/mol. The van der Waals surface area contributed by atoms with Crippen LogP contribution in [-0.2, 0) is 21.9 Å². The van der Waals surface area contributed by atoms with E-state index in [1.165, 1.54) is 0 Å². The molecule has 164 valence electrons. The van der Waals surface area contributed by atoms with Crippen molar-refractivity contribution < 1.29 is 92.8 Å². The van der Waals surface area contributed by atoms with Gasteiger partial charge in [-0.15, -0.1) is 0 Å². The first-order chi connectivity index (χ1) is 10.4. The standard InChI is InChI=1S/C8HF15O2.Al.Cu/c9-2(10,1(24)25)3(11,12)4(13,14)5(15,16)6(17,18)7(19,20)8(21,22)23;;/h(H,24,25);;. The van der Waals surface area contributed by atoms with Crippen molar-refractivity contribution in [3.05, 3.63) is 0 Å². The third kappa shape index (κ3) is 3.97. The summed E-state index contributed by atoms with van der Waals surface area (Å²) in [6.07, 6.45) is -7.69. The van der Waals surface area contributed by atoms with Gasteiger partial charge in [0.15, 0.2) is 0 Å². The van der Waals surface area contributed by atoms with Gasteiger partial charge in [-0.2, -0.15) is 65.9 Å². The predicted octanol–water partition coefficient (Wildman–Crippen LogP) is 4.06. The second-order valence-electron chi connectivity index (χ2n) is 4.25. The van der Waals surface area contributed by atoms with Crippen LogP contribution < -0.4 is 0 Å². The second-order valence-corrected chi connectivity index (χ2v) is 4.25. The molecular formula is C8HAlCuF15O2. The summed E-state index contributed by atoms with van der Waals surface area (Å²) < 4.78 is 187. The summed E-state index contributed by atoms with van der Waals surface area (Å²) in [5.74, 6) is -52.8. The van der Waals surface area contributed by atoms with Gasteiger partial charge in [0.2, 0.25) is 0 Å². The summed E-state index contributed by atoms with van der Waals surface area (Å²) in [6.45, 7) is 0. The van der Waals surface area contributed by atoms with Gasteiger partial charge in [0.05, 0.1) is 0 Å². The monoisotopic (exact) mass is 504 g/mol. The predicted molar refractivity (Wildman–Crippen MR) is 49.1 cm³/mol. The van der Waals surface area contributed by atoms with Crippen molar-refractivity contribution in [2.24, 2.45) is 0 Å². The maximum Gasteiger partial charge on any atom is 0.460 e. The Kier molecular flexibility index (Phi) is 8.91. The van der Waals surface area contributed by atoms with E-state index in [0.717, 1.165) is 0 Å². The molecule has 0 aromatic heterocycles. The van der Waals surface area contributed by atoms with Crippen LogP contribution in [0, 0.1) is 0 Å². The van der Waals surface area contributed by atoms with Crippen molar-refractivity contribution in [3.63, 3.8) is 0 Å². The van der Waals surface area contributed by atoms with E-state index >= 15 is 0 Å². The molecule has 0 unspecified atom stereocenters. The van der Waals surface area contributed by atoms with E-state index in [2.05, 4.69) is 0 Å². The number of hydrogen-bond acceptors (Lipinski definition) is 1. The van der Waals surface area contributed by atoms with Gasteiger partial charge in [0.1, 0.15) is 0 Å². The van der Waals surface area contributed by atoms with Gasteiger partial charge in [-0.1, -0.05) is 0 Å². The SMILES string of the molecule is O=C(O)C(F)(F)C(F)(F)C(F)(F)C(F)(F)C(F)(F)C(F)(F)C(F)(F)F.[Al].[Cu]. The zero-order chi connectivity index (χ0) is 21.1. The fourth-order valence-electron chi connectivity index (χ4n) is 1.10. The maximum absolute atomic E-state index is 12.8. The molecule has 19 heteroatoms. The maximum atomic E-state index is 12.8. The third-order valence-electron chi connectivity index (χ3n) is 2.60.